The van der Waals surface area contributed by atoms with Gasteiger partial charge in [-0.05, 0) is 26.2 Å². The van der Waals surface area contributed by atoms with Crippen molar-refractivity contribution in [1.82, 2.24) is 5.32 Å². The van der Waals surface area contributed by atoms with E-state index in [9.17, 15) is 13.2 Å². The molecule has 1 amide bonds. The molecule has 0 saturated heterocycles. The summed E-state index contributed by atoms with van der Waals surface area (Å²) >= 11 is 0. The van der Waals surface area contributed by atoms with Crippen molar-refractivity contribution in [2.75, 3.05) is 18.6 Å². The summed E-state index contributed by atoms with van der Waals surface area (Å²) < 4.78 is 21.8. The lowest BCUT2D eigenvalue weighted by Gasteiger charge is -2.12. The average molecular weight is 278 g/mol. The molecule has 0 spiro atoms. The third-order valence-corrected chi connectivity index (χ3v) is 3.77. The van der Waals surface area contributed by atoms with E-state index in [0.29, 0.717) is 13.0 Å². The van der Waals surface area contributed by atoms with Crippen molar-refractivity contribution >= 4 is 15.7 Å². The summed E-state index contributed by atoms with van der Waals surface area (Å²) in [7, 11) is -2.93. The first-order valence-corrected chi connectivity index (χ1v) is 8.49. The zero-order valence-electron chi connectivity index (χ0n) is 11.6. The monoisotopic (exact) mass is 278 g/mol. The Morgan fingerprint density at radius 3 is 2.33 bits per heavy atom. The van der Waals surface area contributed by atoms with Crippen molar-refractivity contribution in [3.05, 3.63) is 0 Å². The van der Waals surface area contributed by atoms with E-state index in [0.717, 1.165) is 19.3 Å². The van der Waals surface area contributed by atoms with E-state index in [-0.39, 0.29) is 23.6 Å². The van der Waals surface area contributed by atoms with Crippen molar-refractivity contribution < 1.29 is 13.2 Å². The zero-order chi connectivity index (χ0) is 14.2. The summed E-state index contributed by atoms with van der Waals surface area (Å²) in [4.78, 5) is 11.7. The molecule has 0 aliphatic rings. The van der Waals surface area contributed by atoms with Gasteiger partial charge in [0.1, 0.15) is 9.84 Å². The fourth-order valence-corrected chi connectivity index (χ4v) is 2.27. The third-order valence-electron chi connectivity index (χ3n) is 2.74. The SMILES string of the molecule is CC(N)CCCC(C)C(=O)NCCCS(C)(=O)=O. The minimum atomic E-state index is -2.93. The molecule has 0 aliphatic carbocycles. The first-order valence-electron chi connectivity index (χ1n) is 6.43. The smallest absolute Gasteiger partial charge is 0.222 e. The Hall–Kier alpha value is -0.620. The van der Waals surface area contributed by atoms with Crippen LogP contribution < -0.4 is 11.1 Å². The van der Waals surface area contributed by atoms with Gasteiger partial charge in [-0.1, -0.05) is 13.3 Å². The summed E-state index contributed by atoms with van der Waals surface area (Å²) in [6.07, 6.45) is 4.35. The normalized spacial score (nSPS) is 15.1. The molecule has 2 unspecified atom stereocenters. The topological polar surface area (TPSA) is 89.3 Å². The number of sulfone groups is 1. The molecule has 0 bridgehead atoms. The maximum absolute atomic E-state index is 11.7. The van der Waals surface area contributed by atoms with Crippen LogP contribution in [0.5, 0.6) is 0 Å². The molecule has 5 nitrogen and oxygen atoms in total. The fourth-order valence-electron chi connectivity index (χ4n) is 1.60. The van der Waals surface area contributed by atoms with Crippen LogP contribution in [-0.2, 0) is 14.6 Å². The quantitative estimate of drug-likeness (QED) is 0.607. The van der Waals surface area contributed by atoms with E-state index in [4.69, 9.17) is 5.73 Å². The number of amides is 1. The molecule has 0 heterocycles. The predicted octanol–water partition coefficient (Wildman–Crippen LogP) is 0.691. The van der Waals surface area contributed by atoms with E-state index in [1.54, 1.807) is 0 Å². The molecule has 18 heavy (non-hydrogen) atoms. The van der Waals surface area contributed by atoms with Gasteiger partial charge >= 0.3 is 0 Å². The third kappa shape index (κ3) is 10.5. The van der Waals surface area contributed by atoms with Gasteiger partial charge in [-0.2, -0.15) is 0 Å². The van der Waals surface area contributed by atoms with Gasteiger partial charge in [0.2, 0.25) is 5.91 Å². The summed E-state index contributed by atoms with van der Waals surface area (Å²) in [6.45, 7) is 4.26. The Bertz CT molecular complexity index is 339. The highest BCUT2D eigenvalue weighted by Crippen LogP contribution is 2.08. The maximum atomic E-state index is 11.7. The molecule has 108 valence electrons. The molecule has 0 aliphatic heterocycles. The van der Waals surface area contributed by atoms with Gasteiger partial charge in [0.25, 0.3) is 0 Å². The largest absolute Gasteiger partial charge is 0.356 e. The van der Waals surface area contributed by atoms with Gasteiger partial charge in [0, 0.05) is 24.8 Å². The lowest BCUT2D eigenvalue weighted by molar-refractivity contribution is -0.124. The van der Waals surface area contributed by atoms with Crippen molar-refractivity contribution in [2.45, 2.75) is 45.6 Å². The first kappa shape index (κ1) is 17.4. The minimum absolute atomic E-state index is 0.00632. The van der Waals surface area contributed by atoms with Crippen LogP contribution >= 0.6 is 0 Å². The average Bonchev–Trinajstić information content (AvgIpc) is 2.22. The van der Waals surface area contributed by atoms with E-state index in [1.165, 1.54) is 6.26 Å². The fraction of sp³-hybridized carbons (Fsp3) is 0.917. The molecule has 0 aromatic heterocycles. The number of carbonyl (C=O) groups excluding carboxylic acids is 1. The van der Waals surface area contributed by atoms with Gasteiger partial charge < -0.3 is 11.1 Å². The summed E-state index contributed by atoms with van der Waals surface area (Å²) in [5.74, 6) is 0.0713. The highest BCUT2D eigenvalue weighted by molar-refractivity contribution is 7.90. The van der Waals surface area contributed by atoms with Gasteiger partial charge in [-0.15, -0.1) is 0 Å². The standard InChI is InChI=1S/C12H26N2O3S/c1-10(6-4-7-11(2)13)12(15)14-8-5-9-18(3,16)17/h10-11H,4-9,13H2,1-3H3,(H,14,15). The predicted molar refractivity (Wildman–Crippen MR) is 74.0 cm³/mol. The summed E-state index contributed by atoms with van der Waals surface area (Å²) in [6, 6.07) is 0.176. The number of nitrogens with two attached hydrogens (primary N) is 1. The van der Waals surface area contributed by atoms with Crippen LogP contribution in [0.25, 0.3) is 0 Å². The molecule has 0 fully saturated rings. The zero-order valence-corrected chi connectivity index (χ0v) is 12.4. The van der Waals surface area contributed by atoms with Crippen molar-refractivity contribution in [3.63, 3.8) is 0 Å². The first-order chi connectivity index (χ1) is 8.22. The van der Waals surface area contributed by atoms with Crippen LogP contribution in [-0.4, -0.2) is 38.9 Å². The van der Waals surface area contributed by atoms with Crippen LogP contribution in [0.3, 0.4) is 0 Å². The lowest BCUT2D eigenvalue weighted by Crippen LogP contribution is -2.31. The molecule has 3 N–H and O–H groups in total. The number of nitrogens with one attached hydrogen (secondary N) is 1. The van der Waals surface area contributed by atoms with Crippen molar-refractivity contribution in [2.24, 2.45) is 11.7 Å². The molecule has 6 heteroatoms. The Labute approximate surface area is 110 Å². The van der Waals surface area contributed by atoms with Gasteiger partial charge in [0.15, 0.2) is 0 Å². The molecular weight excluding hydrogens is 252 g/mol. The highest BCUT2D eigenvalue weighted by Gasteiger charge is 2.12. The van der Waals surface area contributed by atoms with E-state index in [2.05, 4.69) is 5.32 Å². The second-order valence-electron chi connectivity index (χ2n) is 5.08. The molecule has 0 rings (SSSR count). The van der Waals surface area contributed by atoms with Crippen LogP contribution in [0.2, 0.25) is 0 Å². The Kier molecular flexibility index (Phi) is 8.18. The Morgan fingerprint density at radius 1 is 1.22 bits per heavy atom. The molecular formula is C12H26N2O3S. The van der Waals surface area contributed by atoms with E-state index in [1.807, 2.05) is 13.8 Å². The van der Waals surface area contributed by atoms with Crippen LogP contribution in [0.1, 0.15) is 39.5 Å². The molecule has 0 aromatic carbocycles. The second-order valence-corrected chi connectivity index (χ2v) is 7.34. The van der Waals surface area contributed by atoms with Crippen molar-refractivity contribution in [3.8, 4) is 0 Å². The molecule has 0 radical (unpaired) electrons. The molecule has 0 saturated carbocycles. The number of hydrogen-bond donors (Lipinski definition) is 2. The maximum Gasteiger partial charge on any atom is 0.222 e. The Balaban J connectivity index is 3.68. The van der Waals surface area contributed by atoms with Crippen molar-refractivity contribution in [1.29, 1.82) is 0 Å². The minimum Gasteiger partial charge on any atom is -0.356 e. The number of carbonyl (C=O) groups is 1. The van der Waals surface area contributed by atoms with Crippen LogP contribution in [0, 0.1) is 5.92 Å². The number of rotatable bonds is 9. The lowest BCUT2D eigenvalue weighted by atomic mass is 10.0. The molecule has 0 aromatic rings. The molecule has 2 atom stereocenters. The van der Waals surface area contributed by atoms with Gasteiger partial charge in [-0.25, -0.2) is 8.42 Å². The van der Waals surface area contributed by atoms with Crippen LogP contribution in [0.4, 0.5) is 0 Å². The summed E-state index contributed by atoms with van der Waals surface area (Å²) in [5.41, 5.74) is 5.64. The van der Waals surface area contributed by atoms with Crippen LogP contribution in [0.15, 0.2) is 0 Å². The summed E-state index contributed by atoms with van der Waals surface area (Å²) in [5, 5.41) is 2.76. The van der Waals surface area contributed by atoms with Gasteiger partial charge in [0.05, 0.1) is 5.75 Å². The Morgan fingerprint density at radius 2 is 1.83 bits per heavy atom. The van der Waals surface area contributed by atoms with E-state index < -0.39 is 9.84 Å². The van der Waals surface area contributed by atoms with E-state index >= 15 is 0 Å². The second kappa shape index (κ2) is 8.48. The highest BCUT2D eigenvalue weighted by atomic mass is 32.2. The number of hydrogen-bond acceptors (Lipinski definition) is 4. The van der Waals surface area contributed by atoms with Gasteiger partial charge in [-0.3, -0.25) is 4.79 Å².